The number of hydrogen-bond donors (Lipinski definition) is 1. The van der Waals surface area contributed by atoms with Crippen molar-refractivity contribution in [3.63, 3.8) is 0 Å². The Kier molecular flexibility index (Phi) is 2.78. The SMILES string of the molecule is COc1cc(C)cc2c1C(O)=C1C(=O)CCC[C@@]1(C)O2. The number of carbonyl (C=O) groups excluding carboxylic acids is 1. The quantitative estimate of drug-likeness (QED) is 0.854. The fourth-order valence-electron chi connectivity index (χ4n) is 3.18. The Morgan fingerprint density at radius 1 is 1.40 bits per heavy atom. The van der Waals surface area contributed by atoms with Gasteiger partial charge in [-0.25, -0.2) is 0 Å². The van der Waals surface area contributed by atoms with Crippen LogP contribution in [0.1, 0.15) is 37.3 Å². The summed E-state index contributed by atoms with van der Waals surface area (Å²) in [6, 6.07) is 3.70. The standard InChI is InChI=1S/C16H18O4/c1-9-7-11(19-3)13-12(8-9)20-16(2)6-4-5-10(17)14(16)15(13)18/h7-8,18H,4-6H2,1-3H3/t16-/m1/s1. The molecule has 1 saturated carbocycles. The Hall–Kier alpha value is -1.97. The Labute approximate surface area is 118 Å². The lowest BCUT2D eigenvalue weighted by Crippen LogP contribution is -2.44. The molecule has 0 radical (unpaired) electrons. The van der Waals surface area contributed by atoms with Crippen LogP contribution in [-0.2, 0) is 4.79 Å². The van der Waals surface area contributed by atoms with Crippen molar-refractivity contribution < 1.29 is 19.4 Å². The van der Waals surface area contributed by atoms with E-state index in [1.807, 2.05) is 26.0 Å². The minimum atomic E-state index is -0.731. The van der Waals surface area contributed by atoms with Gasteiger partial charge in [-0.2, -0.15) is 0 Å². The first-order chi connectivity index (χ1) is 9.46. The molecule has 1 heterocycles. The van der Waals surface area contributed by atoms with Crippen LogP contribution in [0.15, 0.2) is 17.7 Å². The fraction of sp³-hybridized carbons (Fsp3) is 0.438. The molecule has 4 heteroatoms. The van der Waals surface area contributed by atoms with E-state index in [-0.39, 0.29) is 11.5 Å². The summed E-state index contributed by atoms with van der Waals surface area (Å²) in [5.74, 6) is 1.09. The molecular weight excluding hydrogens is 256 g/mol. The number of hydrogen-bond acceptors (Lipinski definition) is 4. The van der Waals surface area contributed by atoms with Crippen LogP contribution >= 0.6 is 0 Å². The number of rotatable bonds is 1. The van der Waals surface area contributed by atoms with Crippen LogP contribution in [-0.4, -0.2) is 23.6 Å². The van der Waals surface area contributed by atoms with Gasteiger partial charge in [-0.3, -0.25) is 4.79 Å². The van der Waals surface area contributed by atoms with Gasteiger partial charge in [0.25, 0.3) is 0 Å². The van der Waals surface area contributed by atoms with Crippen molar-refractivity contribution in [1.82, 2.24) is 0 Å². The first-order valence-corrected chi connectivity index (χ1v) is 6.81. The highest BCUT2D eigenvalue weighted by Gasteiger charge is 2.45. The second-order valence-corrected chi connectivity index (χ2v) is 5.67. The number of aryl methyl sites for hydroxylation is 1. The fourth-order valence-corrected chi connectivity index (χ4v) is 3.18. The average molecular weight is 274 g/mol. The minimum Gasteiger partial charge on any atom is -0.506 e. The molecule has 1 aromatic carbocycles. The van der Waals surface area contributed by atoms with Gasteiger partial charge >= 0.3 is 0 Å². The van der Waals surface area contributed by atoms with Crippen molar-refractivity contribution in [2.45, 2.75) is 38.7 Å². The number of carbonyl (C=O) groups is 1. The molecule has 1 aliphatic carbocycles. The summed E-state index contributed by atoms with van der Waals surface area (Å²) >= 11 is 0. The van der Waals surface area contributed by atoms with Gasteiger partial charge in [-0.1, -0.05) is 0 Å². The van der Waals surface area contributed by atoms with Gasteiger partial charge in [-0.05, 0) is 44.4 Å². The zero-order chi connectivity index (χ0) is 14.5. The lowest BCUT2D eigenvalue weighted by molar-refractivity contribution is -0.119. The maximum absolute atomic E-state index is 12.2. The van der Waals surface area contributed by atoms with Gasteiger partial charge in [0.2, 0.25) is 0 Å². The minimum absolute atomic E-state index is 0.00954. The topological polar surface area (TPSA) is 55.8 Å². The van der Waals surface area contributed by atoms with Crippen LogP contribution in [0.2, 0.25) is 0 Å². The third-order valence-corrected chi connectivity index (χ3v) is 4.10. The molecule has 1 N–H and O–H groups in total. The molecule has 20 heavy (non-hydrogen) atoms. The average Bonchev–Trinajstić information content (AvgIpc) is 2.36. The maximum atomic E-state index is 12.2. The van der Waals surface area contributed by atoms with Gasteiger partial charge in [0.1, 0.15) is 28.4 Å². The molecule has 1 atom stereocenters. The van der Waals surface area contributed by atoms with E-state index in [1.54, 1.807) is 7.11 Å². The molecule has 4 nitrogen and oxygen atoms in total. The molecule has 0 aromatic heterocycles. The van der Waals surface area contributed by atoms with Crippen LogP contribution in [0.25, 0.3) is 5.76 Å². The van der Waals surface area contributed by atoms with Crippen LogP contribution in [0.3, 0.4) is 0 Å². The Balaban J connectivity index is 2.29. The van der Waals surface area contributed by atoms with Gasteiger partial charge in [-0.15, -0.1) is 0 Å². The number of Topliss-reactive ketones (excluding diaryl/α,β-unsaturated/α-hetero) is 1. The van der Waals surface area contributed by atoms with Crippen molar-refractivity contribution in [3.05, 3.63) is 28.8 Å². The lowest BCUT2D eigenvalue weighted by Gasteiger charge is -2.40. The lowest BCUT2D eigenvalue weighted by atomic mass is 9.77. The van der Waals surface area contributed by atoms with E-state index >= 15 is 0 Å². The number of fused-ring (bicyclic) bond motifs is 2. The molecule has 0 spiro atoms. The maximum Gasteiger partial charge on any atom is 0.166 e. The highest BCUT2D eigenvalue weighted by molar-refractivity contribution is 6.05. The highest BCUT2D eigenvalue weighted by atomic mass is 16.5. The number of benzene rings is 1. The van der Waals surface area contributed by atoms with Gasteiger partial charge in [0, 0.05) is 6.42 Å². The summed E-state index contributed by atoms with van der Waals surface area (Å²) in [5, 5.41) is 10.6. The van der Waals surface area contributed by atoms with E-state index in [1.165, 1.54) is 0 Å². The summed E-state index contributed by atoms with van der Waals surface area (Å²) < 4.78 is 11.4. The molecule has 106 valence electrons. The Morgan fingerprint density at radius 2 is 2.15 bits per heavy atom. The molecule has 1 fully saturated rings. The summed E-state index contributed by atoms with van der Waals surface area (Å²) in [5.41, 5.74) is 1.13. The largest absolute Gasteiger partial charge is 0.506 e. The zero-order valence-electron chi connectivity index (χ0n) is 11.9. The number of ether oxygens (including phenoxy) is 2. The zero-order valence-corrected chi connectivity index (χ0v) is 11.9. The predicted molar refractivity (Wildman–Crippen MR) is 75.2 cm³/mol. The smallest absolute Gasteiger partial charge is 0.166 e. The normalized spacial score (nSPS) is 24.9. The van der Waals surface area contributed by atoms with Crippen molar-refractivity contribution in [2.75, 3.05) is 7.11 Å². The third-order valence-electron chi connectivity index (χ3n) is 4.10. The summed E-state index contributed by atoms with van der Waals surface area (Å²) in [6.07, 6.45) is 1.97. The van der Waals surface area contributed by atoms with Gasteiger partial charge < -0.3 is 14.6 Å². The molecule has 0 bridgehead atoms. The van der Waals surface area contributed by atoms with E-state index in [0.717, 1.165) is 18.4 Å². The van der Waals surface area contributed by atoms with Crippen molar-refractivity contribution in [3.8, 4) is 11.5 Å². The molecule has 3 rings (SSSR count). The van der Waals surface area contributed by atoms with Gasteiger partial charge in [0.05, 0.1) is 12.7 Å². The number of aliphatic hydroxyl groups excluding tert-OH is 1. The monoisotopic (exact) mass is 274 g/mol. The number of ketones is 1. The summed E-state index contributed by atoms with van der Waals surface area (Å²) in [4.78, 5) is 12.2. The molecule has 1 aromatic rings. The van der Waals surface area contributed by atoms with Crippen LogP contribution in [0.4, 0.5) is 0 Å². The van der Waals surface area contributed by atoms with Crippen molar-refractivity contribution in [1.29, 1.82) is 0 Å². The van der Waals surface area contributed by atoms with E-state index in [0.29, 0.717) is 29.1 Å². The molecule has 1 aliphatic heterocycles. The van der Waals surface area contributed by atoms with Crippen molar-refractivity contribution >= 4 is 11.5 Å². The first-order valence-electron chi connectivity index (χ1n) is 6.81. The molecule has 0 unspecified atom stereocenters. The number of methoxy groups -OCH3 is 1. The predicted octanol–water partition coefficient (Wildman–Crippen LogP) is 3.18. The van der Waals surface area contributed by atoms with E-state index in [9.17, 15) is 9.90 Å². The second kappa shape index (κ2) is 4.27. The van der Waals surface area contributed by atoms with E-state index in [2.05, 4.69) is 0 Å². The van der Waals surface area contributed by atoms with Crippen LogP contribution in [0, 0.1) is 6.92 Å². The highest BCUT2D eigenvalue weighted by Crippen LogP contribution is 2.48. The molecular formula is C16H18O4. The molecule has 0 amide bonds. The third kappa shape index (κ3) is 1.71. The van der Waals surface area contributed by atoms with Crippen LogP contribution in [0.5, 0.6) is 11.5 Å². The van der Waals surface area contributed by atoms with E-state index < -0.39 is 5.60 Å². The first kappa shape index (κ1) is 13.0. The molecule has 2 aliphatic rings. The Bertz CT molecular complexity index is 630. The summed E-state index contributed by atoms with van der Waals surface area (Å²) in [7, 11) is 1.55. The molecule has 0 saturated heterocycles. The van der Waals surface area contributed by atoms with Crippen molar-refractivity contribution in [2.24, 2.45) is 0 Å². The van der Waals surface area contributed by atoms with Gasteiger partial charge in [0.15, 0.2) is 5.78 Å². The Morgan fingerprint density at radius 3 is 2.85 bits per heavy atom. The van der Waals surface area contributed by atoms with E-state index in [4.69, 9.17) is 9.47 Å². The summed E-state index contributed by atoms with van der Waals surface area (Å²) in [6.45, 7) is 3.81. The van der Waals surface area contributed by atoms with Crippen LogP contribution < -0.4 is 9.47 Å². The second-order valence-electron chi connectivity index (χ2n) is 5.67. The number of aliphatic hydroxyl groups is 1.